The molecule has 1 aliphatic carbocycles. The van der Waals surface area contributed by atoms with Gasteiger partial charge in [0.15, 0.2) is 12.4 Å². The Morgan fingerprint density at radius 1 is 0.984 bits per heavy atom. The number of carbonyl (C=O) groups is 2. The van der Waals surface area contributed by atoms with Crippen LogP contribution >= 0.6 is 11.6 Å². The molecule has 5 aromatic rings. The van der Waals surface area contributed by atoms with Crippen molar-refractivity contribution in [3.63, 3.8) is 0 Å². The molecule has 10 rings (SSSR count). The lowest BCUT2D eigenvalue weighted by atomic mass is 9.92. The number of anilines is 5. The summed E-state index contributed by atoms with van der Waals surface area (Å²) in [5, 5.41) is 15.5. The maximum atomic E-state index is 15.2. The molecule has 3 saturated heterocycles. The van der Waals surface area contributed by atoms with E-state index in [1.54, 1.807) is 19.3 Å². The summed E-state index contributed by atoms with van der Waals surface area (Å²) < 4.78 is 39.3. The standard InChI is InChI=1S/C45H52ClF2N11O4/c1-24-21-59(25(2)20-58(24)22-26-14-16-57(17-15-26)34-7-5-6-29-36(54-56(4)38(29)34)30-11-13-35(60)51-42(30)61)44-49-19-32(46)41(53-44)50-28-10-12-33-31(18-28)37-39(43(62)55(33)3)63-23-45(47,48)40(52-37)27-8-9-27/h5-7,10,12,18-19,24-27,30,40,52H,8-9,11,13-17,20-23H2,1-4H3,(H,49,50,53)(H,51,60,61)/t24-,25+,30?,40+/m1/s1. The predicted molar refractivity (Wildman–Crippen MR) is 239 cm³/mol. The Kier molecular flexibility index (Phi) is 10.5. The number of pyridine rings is 1. The van der Waals surface area contributed by atoms with E-state index in [1.165, 1.54) is 4.57 Å². The molecular weight excluding hydrogens is 832 g/mol. The van der Waals surface area contributed by atoms with Gasteiger partial charge in [-0.15, -0.1) is 0 Å². The number of amides is 2. The number of fused-ring (bicyclic) bond motifs is 4. The average molecular weight is 884 g/mol. The number of rotatable bonds is 8. The second-order valence-electron chi connectivity index (χ2n) is 18.2. The van der Waals surface area contributed by atoms with Gasteiger partial charge < -0.3 is 29.7 Å². The van der Waals surface area contributed by atoms with Gasteiger partial charge in [-0.3, -0.25) is 29.3 Å². The number of alkyl halides is 2. The van der Waals surface area contributed by atoms with E-state index in [4.69, 9.17) is 26.4 Å². The zero-order valence-corrected chi connectivity index (χ0v) is 36.6. The van der Waals surface area contributed by atoms with Gasteiger partial charge in [-0.05, 0) is 82.1 Å². The lowest BCUT2D eigenvalue weighted by molar-refractivity contribution is -0.134. The van der Waals surface area contributed by atoms with Crippen LogP contribution in [0.1, 0.15) is 64.0 Å². The normalized spacial score (nSPS) is 24.5. The first-order valence-corrected chi connectivity index (χ1v) is 22.4. The van der Waals surface area contributed by atoms with Crippen LogP contribution in [-0.2, 0) is 23.7 Å². The predicted octanol–water partition coefficient (Wildman–Crippen LogP) is 6.17. The third-order valence-corrected chi connectivity index (χ3v) is 14.1. The summed E-state index contributed by atoms with van der Waals surface area (Å²) >= 11 is 6.70. The van der Waals surface area contributed by atoms with Crippen LogP contribution in [0.2, 0.25) is 5.02 Å². The number of piperidine rings is 2. The van der Waals surface area contributed by atoms with Crippen LogP contribution in [-0.4, -0.2) is 104 Å². The summed E-state index contributed by atoms with van der Waals surface area (Å²) in [4.78, 5) is 54.7. The smallest absolute Gasteiger partial charge is 0.301 e. The molecule has 0 spiro atoms. The fraction of sp³-hybridized carbons (Fsp3) is 0.511. The van der Waals surface area contributed by atoms with E-state index in [0.29, 0.717) is 65.0 Å². The first kappa shape index (κ1) is 41.5. The van der Waals surface area contributed by atoms with Crippen molar-refractivity contribution in [1.29, 1.82) is 0 Å². The van der Waals surface area contributed by atoms with Crippen LogP contribution < -0.4 is 36.0 Å². The molecule has 3 aromatic heterocycles. The number of benzene rings is 2. The van der Waals surface area contributed by atoms with Crippen LogP contribution in [0.3, 0.4) is 0 Å². The number of para-hydroxylation sites is 1. The zero-order valence-electron chi connectivity index (χ0n) is 35.8. The number of aromatic nitrogens is 5. The highest BCUT2D eigenvalue weighted by Crippen LogP contribution is 2.46. The Morgan fingerprint density at radius 3 is 2.54 bits per heavy atom. The highest BCUT2D eigenvalue weighted by atomic mass is 35.5. The number of aryl methyl sites for hydroxylation is 2. The van der Waals surface area contributed by atoms with E-state index >= 15 is 8.78 Å². The van der Waals surface area contributed by atoms with Crippen molar-refractivity contribution in [3.8, 4) is 5.75 Å². The van der Waals surface area contributed by atoms with Gasteiger partial charge >= 0.3 is 5.92 Å². The van der Waals surface area contributed by atoms with Crippen molar-refractivity contribution in [1.82, 2.24) is 34.5 Å². The number of piperazine rings is 1. The third-order valence-electron chi connectivity index (χ3n) is 13.9. The molecule has 1 unspecified atom stereocenters. The Morgan fingerprint density at radius 2 is 1.78 bits per heavy atom. The number of hydrogen-bond acceptors (Lipinski definition) is 12. The lowest BCUT2D eigenvalue weighted by Crippen LogP contribution is -2.58. The first-order valence-electron chi connectivity index (χ1n) is 22.0. The molecule has 5 aliphatic rings. The van der Waals surface area contributed by atoms with Gasteiger partial charge in [-0.2, -0.15) is 10.1 Å². The Bertz CT molecular complexity index is 2700. The fourth-order valence-corrected chi connectivity index (χ4v) is 10.4. The van der Waals surface area contributed by atoms with Gasteiger partial charge in [0.2, 0.25) is 23.5 Å². The third kappa shape index (κ3) is 7.59. The number of nitrogens with zero attached hydrogens (tertiary/aromatic N) is 8. The summed E-state index contributed by atoms with van der Waals surface area (Å²) in [5.74, 6) is -2.88. The fourth-order valence-electron chi connectivity index (χ4n) is 10.2. The van der Waals surface area contributed by atoms with Gasteiger partial charge in [0, 0.05) is 81.8 Å². The number of nitrogens with one attached hydrogen (secondary N) is 3. The van der Waals surface area contributed by atoms with Crippen molar-refractivity contribution in [2.75, 3.05) is 59.8 Å². The van der Waals surface area contributed by atoms with E-state index < -0.39 is 30.0 Å². The summed E-state index contributed by atoms with van der Waals surface area (Å²) in [6.45, 7) is 7.98. The molecule has 7 heterocycles. The lowest BCUT2D eigenvalue weighted by Gasteiger charge is -2.46. The van der Waals surface area contributed by atoms with E-state index in [-0.39, 0.29) is 41.3 Å². The van der Waals surface area contributed by atoms with E-state index in [1.807, 2.05) is 36.0 Å². The number of halogens is 3. The van der Waals surface area contributed by atoms with Crippen LogP contribution in [0.15, 0.2) is 47.4 Å². The molecule has 2 aromatic carbocycles. The zero-order chi connectivity index (χ0) is 43.9. The summed E-state index contributed by atoms with van der Waals surface area (Å²) in [7, 11) is 3.54. The number of ether oxygens (including phenoxy) is 1. The van der Waals surface area contributed by atoms with Crippen molar-refractivity contribution >= 4 is 74.0 Å². The minimum atomic E-state index is -3.14. The SMILES string of the molecule is C[C@@H]1CN(c2ncc(Cl)c(Nc3ccc4c(c3)c3c(c(=O)n4C)OCC(F)(F)[C@H](C4CC4)N3)n2)[C@@H](C)CN1CC1CCN(c2cccc3c(C4CCC(=O)NC4=O)nn(C)c23)CC1. The van der Waals surface area contributed by atoms with Crippen LogP contribution in [0.4, 0.5) is 37.6 Å². The molecule has 332 valence electrons. The van der Waals surface area contributed by atoms with Crippen LogP contribution in [0.5, 0.6) is 5.75 Å². The largest absolute Gasteiger partial charge is 0.480 e. The second-order valence-corrected chi connectivity index (χ2v) is 18.6. The molecule has 4 aliphatic heterocycles. The molecular formula is C45H52ClF2N11O4. The van der Waals surface area contributed by atoms with Gasteiger partial charge in [0.1, 0.15) is 5.02 Å². The molecule has 4 atom stereocenters. The van der Waals surface area contributed by atoms with Crippen molar-refractivity contribution in [3.05, 3.63) is 63.7 Å². The number of hydrogen-bond donors (Lipinski definition) is 3. The minimum absolute atomic E-state index is 0.109. The maximum Gasteiger partial charge on any atom is 0.301 e. The quantitative estimate of drug-likeness (QED) is 0.153. The summed E-state index contributed by atoms with van der Waals surface area (Å²) in [6, 6.07) is 10.8. The first-order chi connectivity index (χ1) is 30.2. The minimum Gasteiger partial charge on any atom is -0.480 e. The Labute approximate surface area is 368 Å². The van der Waals surface area contributed by atoms with E-state index in [0.717, 1.165) is 67.8 Å². The average Bonchev–Trinajstić information content (AvgIpc) is 4.06. The Hall–Kier alpha value is -5.55. The molecule has 2 amide bonds. The number of carbonyl (C=O) groups excluding carboxylic acids is 2. The van der Waals surface area contributed by atoms with Crippen molar-refractivity contribution in [2.24, 2.45) is 25.9 Å². The van der Waals surface area contributed by atoms with Crippen LogP contribution in [0, 0.1) is 11.8 Å². The van der Waals surface area contributed by atoms with Crippen LogP contribution in [0.25, 0.3) is 21.8 Å². The molecule has 3 N–H and O–H groups in total. The van der Waals surface area contributed by atoms with Crippen molar-refractivity contribution < 1.29 is 23.1 Å². The molecule has 63 heavy (non-hydrogen) atoms. The van der Waals surface area contributed by atoms with Gasteiger partial charge in [-0.1, -0.05) is 23.7 Å². The molecule has 15 nitrogen and oxygen atoms in total. The molecule has 18 heteroatoms. The molecule has 1 saturated carbocycles. The Balaban J connectivity index is 0.805. The van der Waals surface area contributed by atoms with Gasteiger partial charge in [0.25, 0.3) is 5.56 Å². The van der Waals surface area contributed by atoms with E-state index in [2.05, 4.69) is 55.5 Å². The summed E-state index contributed by atoms with van der Waals surface area (Å²) in [5.41, 5.74) is 3.85. The maximum absolute atomic E-state index is 15.2. The molecule has 0 bridgehead atoms. The topological polar surface area (TPSA) is 155 Å². The highest BCUT2D eigenvalue weighted by molar-refractivity contribution is 6.33. The summed E-state index contributed by atoms with van der Waals surface area (Å²) in [6.07, 6.45) is 5.88. The van der Waals surface area contributed by atoms with Gasteiger partial charge in [0.05, 0.1) is 46.3 Å². The molecule has 4 fully saturated rings. The van der Waals surface area contributed by atoms with E-state index in [9.17, 15) is 14.4 Å². The van der Waals surface area contributed by atoms with Gasteiger partial charge in [-0.25, -0.2) is 13.8 Å². The number of imide groups is 1. The second kappa shape index (κ2) is 15.9. The highest BCUT2D eigenvalue weighted by Gasteiger charge is 2.51. The van der Waals surface area contributed by atoms with Crippen molar-refractivity contribution in [2.45, 2.75) is 82.3 Å². The molecule has 0 radical (unpaired) electrons. The monoisotopic (exact) mass is 883 g/mol.